The number of piperidine rings is 1. The highest BCUT2D eigenvalue weighted by molar-refractivity contribution is 9.10. The second kappa shape index (κ2) is 6.53. The molecular formula is C14H21BrN2. The predicted octanol–water partition coefficient (Wildman–Crippen LogP) is 3.02. The van der Waals surface area contributed by atoms with Crippen LogP contribution in [-0.2, 0) is 6.54 Å². The van der Waals surface area contributed by atoms with E-state index in [9.17, 15) is 0 Å². The molecule has 0 aromatic heterocycles. The van der Waals surface area contributed by atoms with Crippen molar-refractivity contribution in [3.05, 3.63) is 34.3 Å². The third-order valence-corrected chi connectivity index (χ3v) is 3.85. The standard InChI is InChI=1S/C14H21BrN2/c1-2-16-14-4-3-9-17(11-14)10-12-5-7-13(15)8-6-12/h5-8,14,16H,2-4,9-11H2,1H3. The van der Waals surface area contributed by atoms with Gasteiger partial charge in [-0.2, -0.15) is 0 Å². The van der Waals surface area contributed by atoms with Crippen molar-refractivity contribution in [2.45, 2.75) is 32.4 Å². The lowest BCUT2D eigenvalue weighted by Gasteiger charge is -2.33. The summed E-state index contributed by atoms with van der Waals surface area (Å²) in [6.07, 6.45) is 2.64. The van der Waals surface area contributed by atoms with Gasteiger partial charge in [-0.1, -0.05) is 35.0 Å². The van der Waals surface area contributed by atoms with Crippen LogP contribution in [0.2, 0.25) is 0 Å². The molecule has 1 heterocycles. The maximum atomic E-state index is 3.56. The molecule has 0 radical (unpaired) electrons. The van der Waals surface area contributed by atoms with Crippen molar-refractivity contribution in [3.63, 3.8) is 0 Å². The van der Waals surface area contributed by atoms with Gasteiger partial charge in [-0.3, -0.25) is 4.90 Å². The van der Waals surface area contributed by atoms with E-state index in [1.807, 2.05) is 0 Å². The Kier molecular flexibility index (Phi) is 5.01. The van der Waals surface area contributed by atoms with Crippen molar-refractivity contribution in [3.8, 4) is 0 Å². The van der Waals surface area contributed by atoms with Gasteiger partial charge in [0.2, 0.25) is 0 Å². The van der Waals surface area contributed by atoms with E-state index in [-0.39, 0.29) is 0 Å². The van der Waals surface area contributed by atoms with Crippen LogP contribution in [0.25, 0.3) is 0 Å². The van der Waals surface area contributed by atoms with Crippen LogP contribution < -0.4 is 5.32 Å². The number of halogens is 1. The summed E-state index contributed by atoms with van der Waals surface area (Å²) >= 11 is 3.48. The van der Waals surface area contributed by atoms with Gasteiger partial charge in [0, 0.05) is 23.6 Å². The largest absolute Gasteiger partial charge is 0.313 e. The first kappa shape index (κ1) is 13.1. The summed E-state index contributed by atoms with van der Waals surface area (Å²) < 4.78 is 1.16. The van der Waals surface area contributed by atoms with E-state index in [0.29, 0.717) is 6.04 Å². The number of benzene rings is 1. The molecule has 0 spiro atoms. The van der Waals surface area contributed by atoms with Gasteiger partial charge < -0.3 is 5.32 Å². The Hall–Kier alpha value is -0.380. The van der Waals surface area contributed by atoms with Crippen LogP contribution in [0.1, 0.15) is 25.3 Å². The highest BCUT2D eigenvalue weighted by atomic mass is 79.9. The van der Waals surface area contributed by atoms with Crippen LogP contribution in [0.5, 0.6) is 0 Å². The van der Waals surface area contributed by atoms with Crippen molar-refractivity contribution in [1.29, 1.82) is 0 Å². The molecule has 1 saturated heterocycles. The molecule has 0 saturated carbocycles. The molecule has 0 amide bonds. The van der Waals surface area contributed by atoms with E-state index >= 15 is 0 Å². The van der Waals surface area contributed by atoms with Crippen LogP contribution in [0, 0.1) is 0 Å². The molecule has 3 heteroatoms. The fraction of sp³-hybridized carbons (Fsp3) is 0.571. The Balaban J connectivity index is 1.87. The number of likely N-dealkylation sites (N-methyl/N-ethyl adjacent to an activating group) is 1. The van der Waals surface area contributed by atoms with E-state index in [2.05, 4.69) is 57.3 Å². The Bertz CT molecular complexity index is 335. The third kappa shape index (κ3) is 4.09. The molecule has 2 rings (SSSR count). The maximum Gasteiger partial charge on any atom is 0.0234 e. The molecule has 1 unspecified atom stereocenters. The van der Waals surface area contributed by atoms with Gasteiger partial charge in [-0.05, 0) is 43.6 Å². The molecule has 2 nitrogen and oxygen atoms in total. The zero-order valence-electron chi connectivity index (χ0n) is 10.5. The molecule has 1 N–H and O–H groups in total. The highest BCUT2D eigenvalue weighted by Gasteiger charge is 2.18. The fourth-order valence-electron chi connectivity index (χ4n) is 2.50. The van der Waals surface area contributed by atoms with Crippen LogP contribution in [0.4, 0.5) is 0 Å². The molecule has 1 aliphatic rings. The van der Waals surface area contributed by atoms with E-state index in [0.717, 1.165) is 17.6 Å². The normalized spacial score (nSPS) is 21.6. The summed E-state index contributed by atoms with van der Waals surface area (Å²) in [5.41, 5.74) is 1.41. The molecule has 1 aromatic rings. The van der Waals surface area contributed by atoms with Crippen LogP contribution in [-0.4, -0.2) is 30.6 Å². The summed E-state index contributed by atoms with van der Waals surface area (Å²) in [5.74, 6) is 0. The summed E-state index contributed by atoms with van der Waals surface area (Å²) in [5, 5.41) is 3.56. The second-order valence-electron chi connectivity index (χ2n) is 4.76. The van der Waals surface area contributed by atoms with Crippen molar-refractivity contribution in [1.82, 2.24) is 10.2 Å². The number of hydrogen-bond acceptors (Lipinski definition) is 2. The minimum absolute atomic E-state index is 0.684. The smallest absolute Gasteiger partial charge is 0.0234 e. The van der Waals surface area contributed by atoms with Crippen molar-refractivity contribution < 1.29 is 0 Å². The lowest BCUT2D eigenvalue weighted by Crippen LogP contribution is -2.45. The van der Waals surface area contributed by atoms with Gasteiger partial charge in [-0.15, -0.1) is 0 Å². The molecular weight excluding hydrogens is 276 g/mol. The maximum absolute atomic E-state index is 3.56. The van der Waals surface area contributed by atoms with Gasteiger partial charge in [0.1, 0.15) is 0 Å². The molecule has 0 bridgehead atoms. The van der Waals surface area contributed by atoms with E-state index in [1.54, 1.807) is 0 Å². The van der Waals surface area contributed by atoms with Crippen molar-refractivity contribution in [2.24, 2.45) is 0 Å². The Morgan fingerprint density at radius 2 is 2.12 bits per heavy atom. The van der Waals surface area contributed by atoms with Gasteiger partial charge in [0.15, 0.2) is 0 Å². The Labute approximate surface area is 113 Å². The van der Waals surface area contributed by atoms with Gasteiger partial charge in [0.05, 0.1) is 0 Å². The first-order valence-corrected chi connectivity index (χ1v) is 7.27. The first-order chi connectivity index (χ1) is 8.28. The number of hydrogen-bond donors (Lipinski definition) is 1. The quantitative estimate of drug-likeness (QED) is 0.919. The second-order valence-corrected chi connectivity index (χ2v) is 5.67. The SMILES string of the molecule is CCNC1CCCN(Cc2ccc(Br)cc2)C1. The van der Waals surface area contributed by atoms with Crippen molar-refractivity contribution >= 4 is 15.9 Å². The molecule has 94 valence electrons. The lowest BCUT2D eigenvalue weighted by molar-refractivity contribution is 0.184. The van der Waals surface area contributed by atoms with Crippen LogP contribution in [0.15, 0.2) is 28.7 Å². The zero-order valence-corrected chi connectivity index (χ0v) is 12.0. The molecule has 1 aliphatic heterocycles. The average molecular weight is 297 g/mol. The predicted molar refractivity (Wildman–Crippen MR) is 76.1 cm³/mol. The Morgan fingerprint density at radius 3 is 2.82 bits per heavy atom. The summed E-state index contributed by atoms with van der Waals surface area (Å²) in [7, 11) is 0. The minimum Gasteiger partial charge on any atom is -0.313 e. The Morgan fingerprint density at radius 1 is 1.35 bits per heavy atom. The fourth-order valence-corrected chi connectivity index (χ4v) is 2.77. The highest BCUT2D eigenvalue weighted by Crippen LogP contribution is 2.16. The zero-order chi connectivity index (χ0) is 12.1. The minimum atomic E-state index is 0.684. The van der Waals surface area contributed by atoms with Crippen LogP contribution in [0.3, 0.4) is 0 Å². The summed E-state index contributed by atoms with van der Waals surface area (Å²) in [6, 6.07) is 9.36. The van der Waals surface area contributed by atoms with Gasteiger partial charge in [0.25, 0.3) is 0 Å². The van der Waals surface area contributed by atoms with E-state index in [1.165, 1.54) is 31.5 Å². The number of nitrogens with one attached hydrogen (secondary N) is 1. The average Bonchev–Trinajstić information content (AvgIpc) is 2.33. The lowest BCUT2D eigenvalue weighted by atomic mass is 10.0. The van der Waals surface area contributed by atoms with Gasteiger partial charge in [-0.25, -0.2) is 0 Å². The molecule has 17 heavy (non-hydrogen) atoms. The topological polar surface area (TPSA) is 15.3 Å². The third-order valence-electron chi connectivity index (χ3n) is 3.32. The number of rotatable bonds is 4. The molecule has 1 aromatic carbocycles. The molecule has 1 fully saturated rings. The van der Waals surface area contributed by atoms with E-state index in [4.69, 9.17) is 0 Å². The summed E-state index contributed by atoms with van der Waals surface area (Å²) in [4.78, 5) is 2.56. The molecule has 1 atom stereocenters. The van der Waals surface area contributed by atoms with Crippen LogP contribution >= 0.6 is 15.9 Å². The molecule has 0 aliphatic carbocycles. The monoisotopic (exact) mass is 296 g/mol. The number of likely N-dealkylation sites (tertiary alicyclic amines) is 1. The first-order valence-electron chi connectivity index (χ1n) is 6.48. The number of nitrogens with zero attached hydrogens (tertiary/aromatic N) is 1. The van der Waals surface area contributed by atoms with Crippen molar-refractivity contribution in [2.75, 3.05) is 19.6 Å². The summed E-state index contributed by atoms with van der Waals surface area (Å²) in [6.45, 7) is 6.77. The van der Waals surface area contributed by atoms with E-state index < -0.39 is 0 Å². The van der Waals surface area contributed by atoms with Gasteiger partial charge >= 0.3 is 0 Å².